The number of nitrogens with one attached hydrogen (secondary N) is 2. The monoisotopic (exact) mass is 412 g/mol. The van der Waals surface area contributed by atoms with Crippen LogP contribution < -0.4 is 5.32 Å². The average Bonchev–Trinajstić information content (AvgIpc) is 3.16. The maximum Gasteiger partial charge on any atom is 0.245 e. The molecule has 1 aromatic heterocycles. The van der Waals surface area contributed by atoms with Crippen LogP contribution in [-0.4, -0.2) is 78.6 Å². The second-order valence-electron chi connectivity index (χ2n) is 8.52. The first-order valence-corrected chi connectivity index (χ1v) is 11.0. The largest absolute Gasteiger partial charge is 0.379 e. The number of amides is 2. The number of benzene rings is 1. The molecule has 2 N–H and O–H groups in total. The summed E-state index contributed by atoms with van der Waals surface area (Å²) in [5.74, 6) is 0.337. The van der Waals surface area contributed by atoms with Gasteiger partial charge < -0.3 is 19.9 Å². The van der Waals surface area contributed by atoms with E-state index >= 15 is 0 Å². The molecule has 2 aliphatic heterocycles. The van der Waals surface area contributed by atoms with Gasteiger partial charge in [0, 0.05) is 63.2 Å². The lowest BCUT2D eigenvalue weighted by Gasteiger charge is -2.38. The third-order valence-electron chi connectivity index (χ3n) is 6.23. The number of ether oxygens (including phenoxy) is 1. The van der Waals surface area contributed by atoms with E-state index in [-0.39, 0.29) is 11.8 Å². The molecule has 0 radical (unpaired) electrons. The summed E-state index contributed by atoms with van der Waals surface area (Å²) < 4.78 is 5.45. The molecule has 4 rings (SSSR count). The van der Waals surface area contributed by atoms with Crippen molar-refractivity contribution in [1.29, 1.82) is 0 Å². The van der Waals surface area contributed by atoms with Crippen LogP contribution in [0.15, 0.2) is 30.5 Å². The number of rotatable bonds is 6. The number of carbonyl (C=O) groups excluding carboxylic acids is 2. The van der Waals surface area contributed by atoms with E-state index in [1.807, 2.05) is 29.3 Å². The van der Waals surface area contributed by atoms with E-state index < -0.39 is 6.04 Å². The number of para-hydroxylation sites is 1. The first-order valence-electron chi connectivity index (χ1n) is 11.0. The maximum absolute atomic E-state index is 13.4. The van der Waals surface area contributed by atoms with Crippen LogP contribution in [0, 0.1) is 5.92 Å². The van der Waals surface area contributed by atoms with Gasteiger partial charge in [-0.3, -0.25) is 14.5 Å². The van der Waals surface area contributed by atoms with Crippen LogP contribution in [0.3, 0.4) is 0 Å². The number of hydrogen-bond donors (Lipinski definition) is 2. The number of fused-ring (bicyclic) bond motifs is 1. The molecule has 7 nitrogen and oxygen atoms in total. The summed E-state index contributed by atoms with van der Waals surface area (Å²) in [6.07, 6.45) is 4.60. The Bertz CT molecular complexity index is 874. The Balaban J connectivity index is 1.43. The summed E-state index contributed by atoms with van der Waals surface area (Å²) in [7, 11) is 0. The Labute approximate surface area is 177 Å². The van der Waals surface area contributed by atoms with E-state index in [0.717, 1.165) is 75.2 Å². The van der Waals surface area contributed by atoms with Gasteiger partial charge in [-0.25, -0.2) is 0 Å². The van der Waals surface area contributed by atoms with E-state index in [2.05, 4.69) is 21.3 Å². The lowest BCUT2D eigenvalue weighted by Crippen LogP contribution is -2.53. The van der Waals surface area contributed by atoms with Crippen molar-refractivity contribution in [1.82, 2.24) is 20.1 Å². The quantitative estimate of drug-likeness (QED) is 0.758. The molecular formula is C23H32N4O3. The predicted molar refractivity (Wildman–Crippen MR) is 116 cm³/mol. The van der Waals surface area contributed by atoms with Crippen LogP contribution >= 0.6 is 0 Å². The third kappa shape index (κ3) is 5.02. The Kier molecular flexibility index (Phi) is 6.69. The minimum atomic E-state index is -0.538. The number of nitrogens with zero attached hydrogens (tertiary/aromatic N) is 2. The predicted octanol–water partition coefficient (Wildman–Crippen LogP) is 1.79. The number of hydrogen-bond acceptors (Lipinski definition) is 4. The highest BCUT2D eigenvalue weighted by molar-refractivity contribution is 5.89. The molecule has 2 aliphatic rings. The Hall–Kier alpha value is -2.38. The van der Waals surface area contributed by atoms with Gasteiger partial charge in [0.25, 0.3) is 0 Å². The summed E-state index contributed by atoms with van der Waals surface area (Å²) in [6.45, 7) is 7.56. The van der Waals surface area contributed by atoms with Gasteiger partial charge in [-0.15, -0.1) is 0 Å². The molecule has 30 heavy (non-hydrogen) atoms. The van der Waals surface area contributed by atoms with Gasteiger partial charge in [-0.05, 0) is 30.4 Å². The van der Waals surface area contributed by atoms with Crippen molar-refractivity contribution < 1.29 is 14.3 Å². The normalized spacial score (nSPS) is 21.5. The van der Waals surface area contributed by atoms with E-state index in [0.29, 0.717) is 12.3 Å². The van der Waals surface area contributed by atoms with Crippen LogP contribution in [0.5, 0.6) is 0 Å². The van der Waals surface area contributed by atoms with Crippen molar-refractivity contribution >= 4 is 22.7 Å². The summed E-state index contributed by atoms with van der Waals surface area (Å²) >= 11 is 0. The van der Waals surface area contributed by atoms with Gasteiger partial charge in [-0.2, -0.15) is 0 Å². The summed E-state index contributed by atoms with van der Waals surface area (Å²) in [4.78, 5) is 32.9. The molecule has 2 atom stereocenters. The standard InChI is InChI=1S/C23H32N4O3/c1-17(28)25-22(13-19-14-24-21-7-3-2-6-20(19)21)23(29)27-8-4-5-18(16-27)15-26-9-11-30-12-10-26/h2-3,6-7,14,18,22,24H,4-5,8-13,15-16H2,1H3,(H,25,28). The zero-order valence-corrected chi connectivity index (χ0v) is 17.7. The van der Waals surface area contributed by atoms with Gasteiger partial charge in [0.1, 0.15) is 6.04 Å². The van der Waals surface area contributed by atoms with Crippen molar-refractivity contribution in [3.8, 4) is 0 Å². The lowest BCUT2D eigenvalue weighted by atomic mass is 9.95. The zero-order chi connectivity index (χ0) is 20.9. The number of aromatic nitrogens is 1. The number of piperidine rings is 1. The van der Waals surface area contributed by atoms with Gasteiger partial charge in [0.15, 0.2) is 0 Å². The molecular weight excluding hydrogens is 380 g/mol. The molecule has 0 aliphatic carbocycles. The zero-order valence-electron chi connectivity index (χ0n) is 17.7. The van der Waals surface area contributed by atoms with Crippen LogP contribution in [-0.2, 0) is 20.7 Å². The third-order valence-corrected chi connectivity index (χ3v) is 6.23. The van der Waals surface area contributed by atoms with Crippen LogP contribution in [0.2, 0.25) is 0 Å². The highest BCUT2D eigenvalue weighted by Gasteiger charge is 2.31. The molecule has 0 spiro atoms. The van der Waals surface area contributed by atoms with Crippen molar-refractivity contribution in [2.75, 3.05) is 45.9 Å². The number of aromatic amines is 1. The SMILES string of the molecule is CC(=O)NC(Cc1c[nH]c2ccccc12)C(=O)N1CCCC(CN2CCOCC2)C1. The van der Waals surface area contributed by atoms with E-state index in [1.54, 1.807) is 0 Å². The van der Waals surface area contributed by atoms with Gasteiger partial charge >= 0.3 is 0 Å². The molecule has 2 saturated heterocycles. The van der Waals surface area contributed by atoms with Crippen molar-refractivity contribution in [2.45, 2.75) is 32.2 Å². The first-order chi connectivity index (χ1) is 14.6. The Morgan fingerprint density at radius 2 is 2.03 bits per heavy atom. The molecule has 2 fully saturated rings. The minimum absolute atomic E-state index is 0.0298. The van der Waals surface area contributed by atoms with Crippen LogP contribution in [0.4, 0.5) is 0 Å². The maximum atomic E-state index is 13.4. The molecule has 2 aromatic rings. The van der Waals surface area contributed by atoms with E-state index in [9.17, 15) is 9.59 Å². The second-order valence-corrected chi connectivity index (χ2v) is 8.52. The average molecular weight is 413 g/mol. The molecule has 0 saturated carbocycles. The topological polar surface area (TPSA) is 77.7 Å². The summed E-state index contributed by atoms with van der Waals surface area (Å²) in [6, 6.07) is 7.52. The molecule has 162 valence electrons. The van der Waals surface area contributed by atoms with Gasteiger partial charge in [0.2, 0.25) is 11.8 Å². The highest BCUT2D eigenvalue weighted by Crippen LogP contribution is 2.22. The number of carbonyl (C=O) groups is 2. The molecule has 2 amide bonds. The fourth-order valence-corrected chi connectivity index (χ4v) is 4.75. The smallest absolute Gasteiger partial charge is 0.245 e. The molecule has 1 aromatic carbocycles. The minimum Gasteiger partial charge on any atom is -0.379 e. The van der Waals surface area contributed by atoms with Crippen molar-refractivity contribution in [3.63, 3.8) is 0 Å². The van der Waals surface area contributed by atoms with E-state index in [1.165, 1.54) is 6.92 Å². The fourth-order valence-electron chi connectivity index (χ4n) is 4.75. The molecule has 3 heterocycles. The van der Waals surface area contributed by atoms with Crippen molar-refractivity contribution in [3.05, 3.63) is 36.0 Å². The van der Waals surface area contributed by atoms with Crippen LogP contribution in [0.25, 0.3) is 10.9 Å². The number of likely N-dealkylation sites (tertiary alicyclic amines) is 1. The Morgan fingerprint density at radius 1 is 1.23 bits per heavy atom. The Morgan fingerprint density at radius 3 is 2.83 bits per heavy atom. The number of H-pyrrole nitrogens is 1. The summed E-state index contributed by atoms with van der Waals surface area (Å²) in [5, 5.41) is 4.01. The molecule has 0 bridgehead atoms. The van der Waals surface area contributed by atoms with Crippen LogP contribution in [0.1, 0.15) is 25.3 Å². The summed E-state index contributed by atoms with van der Waals surface area (Å²) in [5.41, 5.74) is 2.10. The molecule has 7 heteroatoms. The second kappa shape index (κ2) is 9.62. The van der Waals surface area contributed by atoms with Crippen molar-refractivity contribution in [2.24, 2.45) is 5.92 Å². The van der Waals surface area contributed by atoms with Gasteiger partial charge in [-0.1, -0.05) is 18.2 Å². The lowest BCUT2D eigenvalue weighted by molar-refractivity contribution is -0.137. The molecule has 2 unspecified atom stereocenters. The number of morpholine rings is 1. The fraction of sp³-hybridized carbons (Fsp3) is 0.565. The first kappa shape index (κ1) is 20.9. The van der Waals surface area contributed by atoms with E-state index in [4.69, 9.17) is 4.74 Å². The highest BCUT2D eigenvalue weighted by atomic mass is 16.5. The van der Waals surface area contributed by atoms with Gasteiger partial charge in [0.05, 0.1) is 13.2 Å².